The number of aryl methyl sites for hydroxylation is 1. The van der Waals surface area contributed by atoms with Crippen molar-refractivity contribution in [3.05, 3.63) is 53.4 Å². The van der Waals surface area contributed by atoms with Crippen LogP contribution in [0.2, 0.25) is 0 Å². The zero-order valence-electron chi connectivity index (χ0n) is 18.1. The Morgan fingerprint density at radius 2 is 2.12 bits per heavy atom. The second-order valence-corrected chi connectivity index (χ2v) is 8.10. The van der Waals surface area contributed by atoms with Gasteiger partial charge in [-0.3, -0.25) is 9.48 Å². The summed E-state index contributed by atoms with van der Waals surface area (Å²) in [6.45, 7) is 2.68. The van der Waals surface area contributed by atoms with Crippen LogP contribution in [-0.2, 0) is 13.1 Å². The van der Waals surface area contributed by atoms with Gasteiger partial charge in [0, 0.05) is 19.1 Å². The maximum absolute atomic E-state index is 13.6. The number of carbonyl (C=O) groups excluding carboxylic acids is 1. The molecule has 0 bridgehead atoms. The largest absolute Gasteiger partial charge is 0.494 e. The monoisotopic (exact) mass is 439 g/mol. The SMILES string of the molecule is COc1cc(CNC(=O)c2cc(-c3cn(CC4CCC(N)C4)nn3)nc(C)n2)ccc1F. The van der Waals surface area contributed by atoms with Crippen molar-refractivity contribution in [1.82, 2.24) is 30.3 Å². The van der Waals surface area contributed by atoms with Crippen LogP contribution in [0.25, 0.3) is 11.4 Å². The minimum absolute atomic E-state index is 0.125. The van der Waals surface area contributed by atoms with Crippen LogP contribution in [0.1, 0.15) is 41.1 Å². The van der Waals surface area contributed by atoms with Crippen LogP contribution < -0.4 is 15.8 Å². The molecule has 0 saturated heterocycles. The van der Waals surface area contributed by atoms with Gasteiger partial charge in [0.25, 0.3) is 5.91 Å². The molecule has 0 aliphatic heterocycles. The van der Waals surface area contributed by atoms with Crippen molar-refractivity contribution in [3.8, 4) is 17.1 Å². The van der Waals surface area contributed by atoms with E-state index in [1.54, 1.807) is 29.8 Å². The highest BCUT2D eigenvalue weighted by atomic mass is 19.1. The Morgan fingerprint density at radius 1 is 1.28 bits per heavy atom. The highest BCUT2D eigenvalue weighted by molar-refractivity contribution is 5.93. The Kier molecular flexibility index (Phi) is 6.40. The topological polar surface area (TPSA) is 121 Å². The average Bonchev–Trinajstić information content (AvgIpc) is 3.41. The molecule has 0 radical (unpaired) electrons. The third-order valence-electron chi connectivity index (χ3n) is 5.57. The van der Waals surface area contributed by atoms with Gasteiger partial charge in [0.15, 0.2) is 11.6 Å². The summed E-state index contributed by atoms with van der Waals surface area (Å²) in [5, 5.41) is 11.2. The Bertz CT molecular complexity index is 1120. The number of methoxy groups -OCH3 is 1. The van der Waals surface area contributed by atoms with E-state index in [1.807, 2.05) is 6.20 Å². The number of amides is 1. The molecule has 1 aliphatic carbocycles. The van der Waals surface area contributed by atoms with Crippen LogP contribution in [0.5, 0.6) is 5.75 Å². The number of benzene rings is 1. The summed E-state index contributed by atoms with van der Waals surface area (Å²) < 4.78 is 20.3. The highest BCUT2D eigenvalue weighted by Crippen LogP contribution is 2.26. The molecule has 1 aromatic carbocycles. The van der Waals surface area contributed by atoms with Crippen molar-refractivity contribution in [2.75, 3.05) is 7.11 Å². The molecule has 0 spiro atoms. The Balaban J connectivity index is 1.45. The van der Waals surface area contributed by atoms with Gasteiger partial charge < -0.3 is 15.8 Å². The number of nitrogens with one attached hydrogen (secondary N) is 1. The molecule has 3 N–H and O–H groups in total. The summed E-state index contributed by atoms with van der Waals surface area (Å²) in [6.07, 6.45) is 4.96. The van der Waals surface area contributed by atoms with E-state index in [4.69, 9.17) is 10.5 Å². The fraction of sp³-hybridized carbons (Fsp3) is 0.409. The van der Waals surface area contributed by atoms with Gasteiger partial charge in [-0.1, -0.05) is 11.3 Å². The van der Waals surface area contributed by atoms with E-state index < -0.39 is 5.82 Å². The number of carbonyl (C=O) groups is 1. The Labute approximate surface area is 185 Å². The van der Waals surface area contributed by atoms with Gasteiger partial charge in [0.1, 0.15) is 17.2 Å². The van der Waals surface area contributed by atoms with E-state index in [2.05, 4.69) is 25.6 Å². The van der Waals surface area contributed by atoms with Crippen LogP contribution >= 0.6 is 0 Å². The van der Waals surface area contributed by atoms with Crippen molar-refractivity contribution >= 4 is 5.91 Å². The van der Waals surface area contributed by atoms with Crippen LogP contribution in [0.4, 0.5) is 4.39 Å². The zero-order chi connectivity index (χ0) is 22.7. The highest BCUT2D eigenvalue weighted by Gasteiger charge is 2.23. The van der Waals surface area contributed by atoms with Gasteiger partial charge in [0.05, 0.1) is 19.0 Å². The number of ether oxygens (including phenoxy) is 1. The molecule has 1 saturated carbocycles. The Morgan fingerprint density at radius 3 is 2.88 bits per heavy atom. The van der Waals surface area contributed by atoms with Crippen LogP contribution in [-0.4, -0.2) is 44.0 Å². The minimum Gasteiger partial charge on any atom is -0.494 e. The molecule has 2 aromatic heterocycles. The number of nitrogens with zero attached hydrogens (tertiary/aromatic N) is 5. The van der Waals surface area contributed by atoms with E-state index in [0.29, 0.717) is 28.7 Å². The lowest BCUT2D eigenvalue weighted by Crippen LogP contribution is -2.24. The lowest BCUT2D eigenvalue weighted by Gasteiger charge is -2.09. The van der Waals surface area contributed by atoms with Gasteiger partial charge in [-0.25, -0.2) is 14.4 Å². The fourth-order valence-corrected chi connectivity index (χ4v) is 3.95. The predicted molar refractivity (Wildman–Crippen MR) is 115 cm³/mol. The Hall–Kier alpha value is -3.40. The normalized spacial score (nSPS) is 18.0. The zero-order valence-corrected chi connectivity index (χ0v) is 18.1. The predicted octanol–water partition coefficient (Wildman–Crippen LogP) is 2.25. The fourth-order valence-electron chi connectivity index (χ4n) is 3.95. The molecule has 4 rings (SSSR count). The number of aromatic nitrogens is 5. The molecule has 10 heteroatoms. The van der Waals surface area contributed by atoms with E-state index >= 15 is 0 Å². The molecule has 32 heavy (non-hydrogen) atoms. The lowest BCUT2D eigenvalue weighted by molar-refractivity contribution is 0.0945. The van der Waals surface area contributed by atoms with E-state index in [1.165, 1.54) is 13.2 Å². The summed E-state index contributed by atoms with van der Waals surface area (Å²) in [4.78, 5) is 21.3. The first kappa shape index (κ1) is 21.8. The van der Waals surface area contributed by atoms with Crippen molar-refractivity contribution in [3.63, 3.8) is 0 Å². The van der Waals surface area contributed by atoms with E-state index in [-0.39, 0.29) is 29.9 Å². The van der Waals surface area contributed by atoms with Crippen molar-refractivity contribution < 1.29 is 13.9 Å². The number of hydrogen-bond donors (Lipinski definition) is 2. The van der Waals surface area contributed by atoms with Gasteiger partial charge in [-0.2, -0.15) is 0 Å². The first-order valence-corrected chi connectivity index (χ1v) is 10.5. The van der Waals surface area contributed by atoms with Crippen molar-refractivity contribution in [1.29, 1.82) is 0 Å². The summed E-state index contributed by atoms with van der Waals surface area (Å²) in [7, 11) is 1.39. The van der Waals surface area contributed by atoms with E-state index in [9.17, 15) is 9.18 Å². The molecule has 3 aromatic rings. The number of rotatable bonds is 7. The third kappa shape index (κ3) is 5.08. The molecular formula is C22H26FN7O2. The summed E-state index contributed by atoms with van der Waals surface area (Å²) in [5.74, 6) is 0.250. The smallest absolute Gasteiger partial charge is 0.270 e. The van der Waals surface area contributed by atoms with E-state index in [0.717, 1.165) is 25.8 Å². The quantitative estimate of drug-likeness (QED) is 0.579. The van der Waals surface area contributed by atoms with Crippen LogP contribution in [0, 0.1) is 18.7 Å². The number of hydrogen-bond acceptors (Lipinski definition) is 7. The standard InChI is InChI=1S/C22H26FN7O2/c1-13-26-18(20-12-30(29-28-20)11-15-3-5-16(24)7-15)9-19(27-13)22(31)25-10-14-4-6-17(23)21(8-14)32-2/h4,6,8-9,12,15-16H,3,5,7,10-11,24H2,1-2H3,(H,25,31). The third-order valence-corrected chi connectivity index (χ3v) is 5.57. The second-order valence-electron chi connectivity index (χ2n) is 8.10. The molecule has 9 nitrogen and oxygen atoms in total. The maximum Gasteiger partial charge on any atom is 0.270 e. The molecule has 2 heterocycles. The number of nitrogens with two attached hydrogens (primary N) is 1. The van der Waals surface area contributed by atoms with Gasteiger partial charge in [-0.15, -0.1) is 5.10 Å². The molecule has 1 amide bonds. The van der Waals surface area contributed by atoms with Gasteiger partial charge in [0.2, 0.25) is 0 Å². The van der Waals surface area contributed by atoms with Crippen molar-refractivity contribution in [2.45, 2.75) is 45.3 Å². The second kappa shape index (κ2) is 9.39. The van der Waals surface area contributed by atoms with Crippen LogP contribution in [0.3, 0.4) is 0 Å². The number of halogens is 1. The van der Waals surface area contributed by atoms with Gasteiger partial charge >= 0.3 is 0 Å². The first-order valence-electron chi connectivity index (χ1n) is 10.5. The summed E-state index contributed by atoms with van der Waals surface area (Å²) in [5.41, 5.74) is 8.03. The molecule has 168 valence electrons. The molecule has 1 aliphatic rings. The van der Waals surface area contributed by atoms with Gasteiger partial charge in [-0.05, 0) is 55.9 Å². The summed E-state index contributed by atoms with van der Waals surface area (Å²) in [6, 6.07) is 6.29. The molecular weight excluding hydrogens is 413 g/mol. The minimum atomic E-state index is -0.456. The lowest BCUT2D eigenvalue weighted by atomic mass is 10.1. The molecule has 1 fully saturated rings. The first-order chi connectivity index (χ1) is 15.4. The molecule has 2 atom stereocenters. The average molecular weight is 439 g/mol. The maximum atomic E-state index is 13.6. The molecule has 2 unspecified atom stereocenters. The summed E-state index contributed by atoms with van der Waals surface area (Å²) >= 11 is 0. The van der Waals surface area contributed by atoms with Crippen LogP contribution in [0.15, 0.2) is 30.5 Å². The van der Waals surface area contributed by atoms with Crippen molar-refractivity contribution in [2.24, 2.45) is 11.7 Å².